The Morgan fingerprint density at radius 1 is 0.273 bits per heavy atom. The second-order valence-corrected chi connectivity index (χ2v) is 22.8. The average molecular weight is 785 g/mol. The molecule has 0 atom stereocenters. The molecule has 0 bridgehead atoms. The highest BCUT2D eigenvalue weighted by molar-refractivity contribution is 8.02. The molecule has 55 heavy (non-hydrogen) atoms. The van der Waals surface area contributed by atoms with Crippen LogP contribution in [-0.2, 0) is 0 Å². The SMILES string of the molecule is c1ccc([Si](c2ccccc2)(c2cc3c4c(c2)Sc2ccccc2B4c2ccccc2S3)c2cc3c4c(c2)Sc2ccccc2B4c2ccccc2S3)cc1. The van der Waals surface area contributed by atoms with Gasteiger partial charge in [0.1, 0.15) is 0 Å². The molecule has 4 aliphatic rings. The van der Waals surface area contributed by atoms with E-state index in [1.165, 1.54) is 92.7 Å². The highest BCUT2D eigenvalue weighted by Crippen LogP contribution is 2.40. The van der Waals surface area contributed by atoms with E-state index in [1.54, 1.807) is 0 Å². The second kappa shape index (κ2) is 12.8. The molecule has 0 unspecified atom stereocenters. The Bertz CT molecular complexity index is 2520. The monoisotopic (exact) mass is 784 g/mol. The molecule has 7 heteroatoms. The van der Waals surface area contributed by atoms with Gasteiger partial charge in [0.2, 0.25) is 13.4 Å². The lowest BCUT2D eigenvalue weighted by atomic mass is 9.36. The van der Waals surface area contributed by atoms with Gasteiger partial charge in [-0.25, -0.2) is 0 Å². The number of hydrogen-bond donors (Lipinski definition) is 0. The van der Waals surface area contributed by atoms with Crippen LogP contribution in [0.25, 0.3) is 0 Å². The van der Waals surface area contributed by atoms with Crippen molar-refractivity contribution in [3.63, 3.8) is 0 Å². The predicted octanol–water partition coefficient (Wildman–Crippen LogP) is 5.95. The first-order chi connectivity index (χ1) is 27.3. The van der Waals surface area contributed by atoms with Crippen molar-refractivity contribution in [1.29, 1.82) is 0 Å². The Morgan fingerprint density at radius 2 is 0.545 bits per heavy atom. The van der Waals surface area contributed by atoms with Crippen LogP contribution in [0, 0.1) is 0 Å². The van der Waals surface area contributed by atoms with Crippen molar-refractivity contribution in [3.8, 4) is 0 Å². The van der Waals surface area contributed by atoms with E-state index in [1.807, 2.05) is 47.0 Å². The summed E-state index contributed by atoms with van der Waals surface area (Å²) in [6.45, 7) is 0.466. The van der Waals surface area contributed by atoms with Gasteiger partial charge in [0, 0.05) is 39.2 Å². The maximum atomic E-state index is 2.62. The third kappa shape index (κ3) is 4.87. The van der Waals surface area contributed by atoms with Crippen LogP contribution in [0.5, 0.6) is 0 Å². The Kier molecular flexibility index (Phi) is 7.60. The third-order valence-corrected chi connectivity index (χ3v) is 21.2. The molecule has 0 saturated heterocycles. The molecule has 256 valence electrons. The van der Waals surface area contributed by atoms with E-state index in [2.05, 4.69) is 182 Å². The van der Waals surface area contributed by atoms with Crippen LogP contribution in [0.3, 0.4) is 0 Å². The van der Waals surface area contributed by atoms with E-state index < -0.39 is 8.07 Å². The fourth-order valence-corrected chi connectivity index (χ4v) is 19.8. The molecule has 12 rings (SSSR count). The Labute approximate surface area is 340 Å². The Balaban J connectivity index is 1.17. The van der Waals surface area contributed by atoms with Crippen molar-refractivity contribution >= 4 is 122 Å². The molecule has 0 spiro atoms. The van der Waals surface area contributed by atoms with Crippen LogP contribution in [0.2, 0.25) is 0 Å². The summed E-state index contributed by atoms with van der Waals surface area (Å²) >= 11 is 7.86. The van der Waals surface area contributed by atoms with Gasteiger partial charge < -0.3 is 0 Å². The molecule has 0 nitrogen and oxygen atoms in total. The first-order valence-corrected chi connectivity index (χ1v) is 24.1. The zero-order valence-electron chi connectivity index (χ0n) is 29.6. The first-order valence-electron chi connectivity index (χ1n) is 18.8. The predicted molar refractivity (Wildman–Crippen MR) is 242 cm³/mol. The van der Waals surface area contributed by atoms with Crippen molar-refractivity contribution in [2.24, 2.45) is 0 Å². The minimum atomic E-state index is -2.93. The molecule has 0 N–H and O–H groups in total. The number of fused-ring (bicyclic) bond motifs is 8. The van der Waals surface area contributed by atoms with Gasteiger partial charge in [-0.15, -0.1) is 0 Å². The summed E-state index contributed by atoms with van der Waals surface area (Å²) in [4.78, 5) is 11.1. The van der Waals surface area contributed by atoms with Gasteiger partial charge in [-0.2, -0.15) is 0 Å². The normalized spacial score (nSPS) is 14.2. The van der Waals surface area contributed by atoms with Crippen molar-refractivity contribution < 1.29 is 0 Å². The Morgan fingerprint density at radius 3 is 0.855 bits per heavy atom. The van der Waals surface area contributed by atoms with Crippen LogP contribution < -0.4 is 53.5 Å². The zero-order valence-corrected chi connectivity index (χ0v) is 33.9. The fraction of sp³-hybridized carbons (Fsp3) is 0. The highest BCUT2D eigenvalue weighted by atomic mass is 32.2. The Hall–Kier alpha value is -4.49. The van der Waals surface area contributed by atoms with Gasteiger partial charge in [-0.1, -0.05) is 202 Å². The minimum absolute atomic E-state index is 0.233. The van der Waals surface area contributed by atoms with Gasteiger partial charge in [0.15, 0.2) is 8.07 Å². The lowest BCUT2D eigenvalue weighted by molar-refractivity contribution is 1.33. The topological polar surface area (TPSA) is 0 Å². The lowest BCUT2D eigenvalue weighted by Gasteiger charge is -2.40. The van der Waals surface area contributed by atoms with E-state index in [4.69, 9.17) is 0 Å². The van der Waals surface area contributed by atoms with Crippen molar-refractivity contribution in [1.82, 2.24) is 0 Å². The first kappa shape index (κ1) is 32.7. The molecule has 0 radical (unpaired) electrons. The van der Waals surface area contributed by atoms with Gasteiger partial charge in [-0.3, -0.25) is 0 Å². The van der Waals surface area contributed by atoms with Gasteiger partial charge in [-0.05, 0) is 80.2 Å². The molecule has 0 amide bonds. The third-order valence-electron chi connectivity index (χ3n) is 11.9. The molecule has 0 saturated carbocycles. The summed E-state index contributed by atoms with van der Waals surface area (Å²) in [5.41, 5.74) is 8.65. The van der Waals surface area contributed by atoms with Crippen LogP contribution in [0.4, 0.5) is 0 Å². The summed E-state index contributed by atoms with van der Waals surface area (Å²) in [7, 11) is -2.93. The molecular formula is C48H30B2S4Si. The summed E-state index contributed by atoms with van der Waals surface area (Å²) in [6, 6.07) is 69.9. The maximum absolute atomic E-state index is 2.93. The van der Waals surface area contributed by atoms with Crippen LogP contribution >= 0.6 is 47.0 Å². The summed E-state index contributed by atoms with van der Waals surface area (Å²) < 4.78 is 0. The maximum Gasteiger partial charge on any atom is 0.247 e. The molecule has 0 aliphatic carbocycles. The number of hydrogen-bond acceptors (Lipinski definition) is 4. The number of rotatable bonds is 4. The van der Waals surface area contributed by atoms with E-state index in [0.717, 1.165) is 0 Å². The molecular weight excluding hydrogens is 755 g/mol. The molecule has 4 heterocycles. The average Bonchev–Trinajstić information content (AvgIpc) is 3.24. The molecule has 8 aromatic rings. The number of benzene rings is 8. The van der Waals surface area contributed by atoms with E-state index in [9.17, 15) is 0 Å². The van der Waals surface area contributed by atoms with Gasteiger partial charge in [0.25, 0.3) is 0 Å². The van der Waals surface area contributed by atoms with Gasteiger partial charge in [0.05, 0.1) is 0 Å². The van der Waals surface area contributed by atoms with E-state index in [-0.39, 0.29) is 13.4 Å². The van der Waals surface area contributed by atoms with Crippen LogP contribution in [-0.4, -0.2) is 21.5 Å². The summed E-state index contributed by atoms with van der Waals surface area (Å²) in [5.74, 6) is 0. The summed E-state index contributed by atoms with van der Waals surface area (Å²) in [6.07, 6.45) is 0. The quantitative estimate of drug-likeness (QED) is 0.160. The second-order valence-electron chi connectivity index (χ2n) is 14.7. The molecule has 0 aromatic heterocycles. The van der Waals surface area contributed by atoms with Gasteiger partial charge >= 0.3 is 0 Å². The fourth-order valence-electron chi connectivity index (χ4n) is 9.60. The van der Waals surface area contributed by atoms with E-state index in [0.29, 0.717) is 0 Å². The van der Waals surface area contributed by atoms with Crippen molar-refractivity contribution in [2.45, 2.75) is 39.2 Å². The van der Waals surface area contributed by atoms with E-state index >= 15 is 0 Å². The standard InChI is InChI=1S/C48H30B2S4Si/c1-3-15-31(16-4-1)55(32-17-5-2-6-18-32,33-27-43-47-44(28-33)52-40-24-12-8-20-36(40)49(47)35-19-7-11-23-39(35)51-43)34-29-45-48-46(30-34)54-42-26-14-10-22-38(42)50(48)37-21-9-13-25-41(37)53-45/h1-30H. The van der Waals surface area contributed by atoms with Crippen molar-refractivity contribution in [3.05, 3.63) is 182 Å². The largest absolute Gasteiger partial charge is 0.247 e. The van der Waals surface area contributed by atoms with Crippen LogP contribution in [0.1, 0.15) is 0 Å². The van der Waals surface area contributed by atoms with Crippen molar-refractivity contribution in [2.75, 3.05) is 0 Å². The minimum Gasteiger partial charge on any atom is -0.0911 e. The highest BCUT2D eigenvalue weighted by Gasteiger charge is 2.47. The summed E-state index contributed by atoms with van der Waals surface area (Å²) in [5, 5.41) is 5.72. The molecule has 8 aromatic carbocycles. The lowest BCUT2D eigenvalue weighted by Crippen LogP contribution is -2.75. The molecule has 0 fully saturated rings. The molecule has 4 aliphatic heterocycles. The smallest absolute Gasteiger partial charge is 0.0911 e. The zero-order chi connectivity index (χ0) is 36.1. The van der Waals surface area contributed by atoms with Crippen LogP contribution in [0.15, 0.2) is 221 Å².